The molecule has 0 unspecified atom stereocenters. The van der Waals surface area contributed by atoms with Gasteiger partial charge in [-0.2, -0.15) is 0 Å². The Bertz CT molecular complexity index is 54.1. The second-order valence-corrected chi connectivity index (χ2v) is 0.867. The van der Waals surface area contributed by atoms with E-state index in [4.69, 9.17) is 10.2 Å². The van der Waals surface area contributed by atoms with Crippen molar-refractivity contribution in [2.75, 3.05) is 6.61 Å². The van der Waals surface area contributed by atoms with Gasteiger partial charge in [0.15, 0.2) is 0 Å². The summed E-state index contributed by atoms with van der Waals surface area (Å²) >= 11 is 0. The first-order chi connectivity index (χ1) is 2.77. The number of rotatable bonds is 2. The standard InChI is InChI=1S/C3H6O3.U/c4-2-1-3(5)6;/h4H,1-2H2,(H,5,6);. The third-order valence-corrected chi connectivity index (χ3v) is 0.326. The molecule has 0 saturated carbocycles. The molecular formula is C3H6O3U. The first-order valence-corrected chi connectivity index (χ1v) is 1.60. The minimum Gasteiger partial charge on any atom is -0.481 e. The van der Waals surface area contributed by atoms with Crippen molar-refractivity contribution < 1.29 is 46.1 Å². The van der Waals surface area contributed by atoms with Crippen molar-refractivity contribution in [3.63, 3.8) is 0 Å². The minimum atomic E-state index is -0.961. The summed E-state index contributed by atoms with van der Waals surface area (Å²) < 4.78 is 0. The second kappa shape index (κ2) is 6.48. The van der Waals surface area contributed by atoms with Crippen molar-refractivity contribution in [1.29, 1.82) is 0 Å². The van der Waals surface area contributed by atoms with Gasteiger partial charge in [0, 0.05) is 31.1 Å². The molecule has 0 aromatic carbocycles. The van der Waals surface area contributed by atoms with Crippen LogP contribution in [0.4, 0.5) is 0 Å². The van der Waals surface area contributed by atoms with Crippen LogP contribution in [-0.2, 0) is 4.79 Å². The first-order valence-electron chi connectivity index (χ1n) is 1.60. The van der Waals surface area contributed by atoms with Crippen molar-refractivity contribution in [3.05, 3.63) is 0 Å². The Morgan fingerprint density at radius 3 is 2.00 bits per heavy atom. The molecule has 0 radical (unpaired) electrons. The van der Waals surface area contributed by atoms with Crippen LogP contribution in [0.5, 0.6) is 0 Å². The Morgan fingerprint density at radius 2 is 2.00 bits per heavy atom. The zero-order valence-electron chi connectivity index (χ0n) is 3.72. The van der Waals surface area contributed by atoms with E-state index in [1.165, 1.54) is 0 Å². The summed E-state index contributed by atoms with van der Waals surface area (Å²) in [6.45, 7) is -0.269. The van der Waals surface area contributed by atoms with Crippen LogP contribution < -0.4 is 0 Å². The maximum Gasteiger partial charge on any atom is 0.305 e. The monoisotopic (exact) mass is 328 g/mol. The van der Waals surface area contributed by atoms with Crippen molar-refractivity contribution in [3.8, 4) is 0 Å². The van der Waals surface area contributed by atoms with E-state index in [0.29, 0.717) is 0 Å². The topological polar surface area (TPSA) is 57.5 Å². The molecule has 0 fully saturated rings. The zero-order chi connectivity index (χ0) is 4.99. The first kappa shape index (κ1) is 10.5. The van der Waals surface area contributed by atoms with Crippen LogP contribution in [0.3, 0.4) is 0 Å². The number of aliphatic hydroxyl groups excluding tert-OH is 1. The number of hydrogen-bond donors (Lipinski definition) is 2. The van der Waals surface area contributed by atoms with Gasteiger partial charge in [0.2, 0.25) is 0 Å². The van der Waals surface area contributed by atoms with Crippen LogP contribution in [0.1, 0.15) is 6.42 Å². The fraction of sp³-hybridized carbons (Fsp3) is 0.667. The van der Waals surface area contributed by atoms with E-state index in [1.54, 1.807) is 0 Å². The van der Waals surface area contributed by atoms with Crippen LogP contribution in [0.2, 0.25) is 0 Å². The number of carboxylic acid groups (broad SMARTS) is 1. The molecule has 40 valence electrons. The number of carboxylic acids is 1. The number of carbonyl (C=O) groups is 1. The van der Waals surface area contributed by atoms with Crippen molar-refractivity contribution in [2.45, 2.75) is 6.42 Å². The zero-order valence-corrected chi connectivity index (χ0v) is 7.88. The van der Waals surface area contributed by atoms with Crippen LogP contribution in [0, 0.1) is 31.1 Å². The van der Waals surface area contributed by atoms with Gasteiger partial charge in [-0.15, -0.1) is 0 Å². The predicted octanol–water partition coefficient (Wildman–Crippen LogP) is -0.547. The molecule has 0 aliphatic carbocycles. The van der Waals surface area contributed by atoms with Gasteiger partial charge in [-0.3, -0.25) is 4.79 Å². The van der Waals surface area contributed by atoms with E-state index in [2.05, 4.69) is 0 Å². The van der Waals surface area contributed by atoms with Gasteiger partial charge in [-0.05, 0) is 0 Å². The van der Waals surface area contributed by atoms with E-state index in [9.17, 15) is 4.79 Å². The average molecular weight is 328 g/mol. The second-order valence-electron chi connectivity index (χ2n) is 0.867. The van der Waals surface area contributed by atoms with Crippen molar-refractivity contribution in [2.24, 2.45) is 0 Å². The Kier molecular flexibility index (Phi) is 9.69. The summed E-state index contributed by atoms with van der Waals surface area (Å²) in [4.78, 5) is 9.44. The van der Waals surface area contributed by atoms with Crippen LogP contribution in [-0.4, -0.2) is 22.8 Å². The van der Waals surface area contributed by atoms with Gasteiger partial charge in [0.25, 0.3) is 0 Å². The summed E-state index contributed by atoms with van der Waals surface area (Å²) in [7, 11) is 0. The van der Waals surface area contributed by atoms with Crippen LogP contribution in [0.25, 0.3) is 0 Å². The summed E-state index contributed by atoms with van der Waals surface area (Å²) in [5.41, 5.74) is 0. The molecule has 4 heteroatoms. The molecule has 0 aromatic rings. The normalized spacial score (nSPS) is 7.00. The van der Waals surface area contributed by atoms with Gasteiger partial charge in [-0.25, -0.2) is 0 Å². The van der Waals surface area contributed by atoms with E-state index in [1.807, 2.05) is 0 Å². The molecule has 0 aromatic heterocycles. The van der Waals surface area contributed by atoms with E-state index in [0.717, 1.165) is 0 Å². The summed E-state index contributed by atoms with van der Waals surface area (Å²) in [5.74, 6) is -0.961. The average Bonchev–Trinajstić information content (AvgIpc) is 1.35. The van der Waals surface area contributed by atoms with Gasteiger partial charge < -0.3 is 10.2 Å². The van der Waals surface area contributed by atoms with Crippen LogP contribution >= 0.6 is 0 Å². The third kappa shape index (κ3) is 10.7. The molecular weight excluding hydrogens is 322 g/mol. The number of aliphatic hydroxyl groups is 1. The molecule has 0 rings (SSSR count). The number of aliphatic carboxylic acids is 1. The summed E-state index contributed by atoms with van der Waals surface area (Å²) in [6, 6.07) is 0. The molecule has 0 atom stereocenters. The molecule has 7 heavy (non-hydrogen) atoms. The smallest absolute Gasteiger partial charge is 0.305 e. The molecule has 0 bridgehead atoms. The van der Waals surface area contributed by atoms with Gasteiger partial charge >= 0.3 is 5.97 Å². The molecule has 0 spiro atoms. The Morgan fingerprint density at radius 1 is 1.57 bits per heavy atom. The third-order valence-electron chi connectivity index (χ3n) is 0.326. The fourth-order valence-corrected chi connectivity index (χ4v) is 0.0956. The molecule has 0 saturated heterocycles. The summed E-state index contributed by atoms with van der Waals surface area (Å²) in [5, 5.41) is 15.6. The fourth-order valence-electron chi connectivity index (χ4n) is 0.0956. The van der Waals surface area contributed by atoms with Gasteiger partial charge in [-0.1, -0.05) is 0 Å². The minimum absolute atomic E-state index is 0. The maximum absolute atomic E-state index is 9.44. The van der Waals surface area contributed by atoms with E-state index in [-0.39, 0.29) is 44.1 Å². The molecule has 0 amide bonds. The maximum atomic E-state index is 9.44. The van der Waals surface area contributed by atoms with Gasteiger partial charge in [0.1, 0.15) is 0 Å². The summed E-state index contributed by atoms with van der Waals surface area (Å²) in [6.07, 6.45) is -0.153. The molecule has 3 nitrogen and oxygen atoms in total. The Labute approximate surface area is 65.1 Å². The van der Waals surface area contributed by atoms with Crippen molar-refractivity contribution in [1.82, 2.24) is 0 Å². The molecule has 2 N–H and O–H groups in total. The van der Waals surface area contributed by atoms with Crippen molar-refractivity contribution >= 4 is 5.97 Å². The predicted molar refractivity (Wildman–Crippen MR) is 19.3 cm³/mol. The molecule has 0 aliphatic rings. The molecule has 0 aliphatic heterocycles. The quantitative estimate of drug-likeness (QED) is 0.716. The number of hydrogen-bond acceptors (Lipinski definition) is 2. The Balaban J connectivity index is 0. The van der Waals surface area contributed by atoms with Crippen LogP contribution in [0.15, 0.2) is 0 Å². The van der Waals surface area contributed by atoms with E-state index < -0.39 is 5.97 Å². The van der Waals surface area contributed by atoms with Gasteiger partial charge in [0.05, 0.1) is 13.0 Å². The SMILES string of the molecule is O=C(O)CCO.[U]. The van der Waals surface area contributed by atoms with E-state index >= 15 is 0 Å². The molecule has 0 heterocycles. The largest absolute Gasteiger partial charge is 0.481 e. The Hall–Kier alpha value is 0.482.